The van der Waals surface area contributed by atoms with E-state index in [4.69, 9.17) is 11.6 Å². The molecule has 0 heterocycles. The molecule has 5 heavy (non-hydrogen) atoms. The second-order valence-electron chi connectivity index (χ2n) is 0.679. The minimum Gasteiger partial charge on any atom is -0.121 e. The molecule has 0 aromatic heterocycles. The molecule has 0 rings (SSSR count). The van der Waals surface area contributed by atoms with E-state index in [-0.39, 0.29) is 0 Å². The lowest BCUT2D eigenvalue weighted by molar-refractivity contribution is 1.37. The Kier molecular flexibility index (Phi) is 4.05. The molecule has 0 amide bonds. The van der Waals surface area contributed by atoms with Crippen LogP contribution in [0.3, 0.4) is 0 Å². The van der Waals surface area contributed by atoms with Gasteiger partial charge in [-0.25, -0.2) is 0 Å². The summed E-state index contributed by atoms with van der Waals surface area (Å²) in [6, 6.07) is 0. The second kappa shape index (κ2) is 4.03. The second-order valence-corrected chi connectivity index (χ2v) is 0.987. The Morgan fingerprint density at radius 2 is 2.40 bits per heavy atom. The average Bonchev–Trinajstić information content (AvgIpc) is 1.41. The lowest BCUT2D eigenvalue weighted by Crippen LogP contribution is -1.49. The zero-order valence-electron chi connectivity index (χ0n) is 2.95. The number of hydrogen-bond acceptors (Lipinski definition) is 0. The first kappa shape index (κ1) is 5.03. The largest absolute Gasteiger partial charge is 0.121 e. The van der Waals surface area contributed by atoms with Crippen molar-refractivity contribution in [3.63, 3.8) is 0 Å². The molecule has 29 valence electrons. The molecule has 0 atom stereocenters. The fourth-order valence-corrected chi connectivity index (χ4v) is 0.189. The molecule has 1 heteroatoms. The van der Waals surface area contributed by atoms with Crippen molar-refractivity contribution in [2.45, 2.75) is 6.42 Å². The van der Waals surface area contributed by atoms with Crippen molar-refractivity contribution in [1.29, 1.82) is 0 Å². The van der Waals surface area contributed by atoms with E-state index in [0.717, 1.165) is 6.42 Å². The quantitative estimate of drug-likeness (QED) is 0.454. The van der Waals surface area contributed by atoms with Crippen LogP contribution in [0.15, 0.2) is 12.7 Å². The van der Waals surface area contributed by atoms with Gasteiger partial charge in [-0.1, -0.05) is 6.08 Å². The van der Waals surface area contributed by atoms with E-state index in [1.54, 1.807) is 6.08 Å². The van der Waals surface area contributed by atoms with Gasteiger partial charge in [0.1, 0.15) is 0 Å². The summed E-state index contributed by atoms with van der Waals surface area (Å²) < 4.78 is 0. The smallest absolute Gasteiger partial charge is 0.0537 e. The minimum absolute atomic E-state index is 0.793. The van der Waals surface area contributed by atoms with Crippen LogP contribution in [0.2, 0.25) is 0 Å². The fourth-order valence-electron chi connectivity index (χ4n) is 0.0630. The maximum atomic E-state index is 5.11. The molecule has 0 spiro atoms. The number of allylic oxidation sites excluding steroid dienone is 1. The Balaban J connectivity index is 2.40. The Morgan fingerprint density at radius 1 is 1.80 bits per heavy atom. The third kappa shape index (κ3) is 4.03. The molecular formula is C4H6Cl. The van der Waals surface area contributed by atoms with Gasteiger partial charge in [-0.05, 0) is 6.42 Å². The number of rotatable bonds is 2. The monoisotopic (exact) mass is 89.0 g/mol. The Hall–Kier alpha value is 0.0300. The van der Waals surface area contributed by atoms with Crippen molar-refractivity contribution in [1.82, 2.24) is 0 Å². The predicted molar refractivity (Wildman–Crippen MR) is 25.0 cm³/mol. The highest BCUT2D eigenvalue weighted by Gasteiger charge is 1.65. The topological polar surface area (TPSA) is 0 Å². The Morgan fingerprint density at radius 3 is 2.40 bits per heavy atom. The van der Waals surface area contributed by atoms with Gasteiger partial charge in [0.05, 0.1) is 5.88 Å². The van der Waals surface area contributed by atoms with Gasteiger partial charge in [0.15, 0.2) is 0 Å². The van der Waals surface area contributed by atoms with Crippen molar-refractivity contribution in [2.24, 2.45) is 0 Å². The van der Waals surface area contributed by atoms with Crippen LogP contribution in [0.1, 0.15) is 6.42 Å². The van der Waals surface area contributed by atoms with Crippen LogP contribution in [0.4, 0.5) is 0 Å². The van der Waals surface area contributed by atoms with E-state index < -0.39 is 0 Å². The number of halogens is 1. The molecule has 1 radical (unpaired) electrons. The lowest BCUT2D eigenvalue weighted by atomic mass is 10.5. The van der Waals surface area contributed by atoms with Gasteiger partial charge < -0.3 is 0 Å². The van der Waals surface area contributed by atoms with Gasteiger partial charge in [-0.15, -0.1) is 18.2 Å². The Labute approximate surface area is 37.4 Å². The summed E-state index contributed by atoms with van der Waals surface area (Å²) in [5.41, 5.74) is 0. The molecule has 0 aliphatic carbocycles. The van der Waals surface area contributed by atoms with Crippen LogP contribution < -0.4 is 0 Å². The van der Waals surface area contributed by atoms with E-state index in [1.807, 2.05) is 0 Å². The highest BCUT2D eigenvalue weighted by Crippen LogP contribution is 1.88. The van der Waals surface area contributed by atoms with Crippen molar-refractivity contribution in [3.05, 3.63) is 18.5 Å². The first-order valence-electron chi connectivity index (χ1n) is 1.44. The maximum Gasteiger partial charge on any atom is 0.0537 e. The predicted octanol–water partition coefficient (Wildman–Crippen LogP) is 1.96. The van der Waals surface area contributed by atoms with Crippen LogP contribution in [0.25, 0.3) is 0 Å². The summed E-state index contributed by atoms with van der Waals surface area (Å²) in [7, 11) is 0. The van der Waals surface area contributed by atoms with Crippen LogP contribution in [-0.2, 0) is 0 Å². The molecule has 0 aromatic rings. The highest BCUT2D eigenvalue weighted by atomic mass is 35.5. The van der Waals surface area contributed by atoms with E-state index in [1.165, 1.54) is 5.88 Å². The summed E-state index contributed by atoms with van der Waals surface area (Å²) in [6.45, 7) is 3.43. The molecule has 0 saturated heterocycles. The van der Waals surface area contributed by atoms with Gasteiger partial charge in [0, 0.05) is 0 Å². The van der Waals surface area contributed by atoms with Crippen LogP contribution in [-0.4, -0.2) is 0 Å². The summed E-state index contributed by atoms with van der Waals surface area (Å²) in [5.74, 6) is 1.53. The van der Waals surface area contributed by atoms with Crippen molar-refractivity contribution < 1.29 is 0 Å². The first-order valence-corrected chi connectivity index (χ1v) is 1.88. The van der Waals surface area contributed by atoms with Crippen LogP contribution >= 0.6 is 11.6 Å². The lowest BCUT2D eigenvalue weighted by Gasteiger charge is -1.69. The van der Waals surface area contributed by atoms with Crippen molar-refractivity contribution >= 4 is 11.6 Å². The highest BCUT2D eigenvalue weighted by molar-refractivity contribution is 6.23. The maximum absolute atomic E-state index is 5.11. The van der Waals surface area contributed by atoms with Gasteiger partial charge in [-0.2, -0.15) is 0 Å². The zero-order valence-corrected chi connectivity index (χ0v) is 3.70. The zero-order chi connectivity index (χ0) is 4.12. The van der Waals surface area contributed by atoms with Crippen molar-refractivity contribution in [3.8, 4) is 0 Å². The SMILES string of the molecule is C=CC[CH]Cl. The first-order chi connectivity index (χ1) is 2.41. The number of hydrogen-bond donors (Lipinski definition) is 0. The average molecular weight is 89.5 g/mol. The van der Waals surface area contributed by atoms with Gasteiger partial charge >= 0.3 is 0 Å². The molecule has 0 aliphatic heterocycles. The molecular weight excluding hydrogens is 83.5 g/mol. The van der Waals surface area contributed by atoms with Crippen LogP contribution in [0, 0.1) is 5.88 Å². The third-order valence-electron chi connectivity index (χ3n) is 0.256. The van der Waals surface area contributed by atoms with E-state index in [0.29, 0.717) is 0 Å². The molecule has 0 aliphatic rings. The summed E-state index contributed by atoms with van der Waals surface area (Å²) in [4.78, 5) is 0. The fraction of sp³-hybridized carbons (Fsp3) is 0.250. The minimum atomic E-state index is 0.793. The molecule has 0 N–H and O–H groups in total. The Bertz CT molecular complexity index is 24.8. The van der Waals surface area contributed by atoms with Gasteiger partial charge in [0.25, 0.3) is 0 Å². The van der Waals surface area contributed by atoms with Gasteiger partial charge in [-0.3, -0.25) is 0 Å². The third-order valence-corrected chi connectivity index (χ3v) is 0.434. The normalized spacial score (nSPS) is 7.40. The molecule has 0 fully saturated rings. The molecule has 0 unspecified atom stereocenters. The summed E-state index contributed by atoms with van der Waals surface area (Å²) in [6.07, 6.45) is 2.54. The van der Waals surface area contributed by atoms with Gasteiger partial charge in [0.2, 0.25) is 0 Å². The van der Waals surface area contributed by atoms with Crippen molar-refractivity contribution in [2.75, 3.05) is 0 Å². The summed E-state index contributed by atoms with van der Waals surface area (Å²) in [5, 5.41) is 0. The molecule has 0 saturated carbocycles. The molecule has 0 aromatic carbocycles. The van der Waals surface area contributed by atoms with E-state index in [9.17, 15) is 0 Å². The van der Waals surface area contributed by atoms with Crippen LogP contribution in [0.5, 0.6) is 0 Å². The standard InChI is InChI=1S/C4H6Cl/c1-2-3-4-5/h2,4H,1,3H2. The van der Waals surface area contributed by atoms with E-state index >= 15 is 0 Å². The molecule has 0 nitrogen and oxygen atoms in total. The summed E-state index contributed by atoms with van der Waals surface area (Å²) >= 11 is 5.11. The van der Waals surface area contributed by atoms with E-state index in [2.05, 4.69) is 6.58 Å². The molecule has 0 bridgehead atoms.